The van der Waals surface area contributed by atoms with Crippen LogP contribution in [0.3, 0.4) is 0 Å². The molecule has 1 heterocycles. The van der Waals surface area contributed by atoms with Crippen LogP contribution in [0.5, 0.6) is 0 Å². The zero-order valence-electron chi connectivity index (χ0n) is 10.2. The van der Waals surface area contributed by atoms with Crippen LogP contribution in [-0.4, -0.2) is 42.5 Å². The van der Waals surface area contributed by atoms with Gasteiger partial charge in [-0.3, -0.25) is 4.79 Å². The van der Waals surface area contributed by atoms with Gasteiger partial charge in [-0.15, -0.1) is 11.6 Å². The van der Waals surface area contributed by atoms with Crippen LogP contribution in [0.25, 0.3) is 0 Å². The highest BCUT2D eigenvalue weighted by Gasteiger charge is 2.34. The van der Waals surface area contributed by atoms with E-state index in [0.29, 0.717) is 5.88 Å². The first-order valence-electron chi connectivity index (χ1n) is 6.20. The van der Waals surface area contributed by atoms with Gasteiger partial charge in [-0.05, 0) is 26.2 Å². The van der Waals surface area contributed by atoms with E-state index in [0.717, 1.165) is 39.0 Å². The van der Waals surface area contributed by atoms with E-state index in [-0.39, 0.29) is 17.9 Å². The van der Waals surface area contributed by atoms with Gasteiger partial charge in [-0.2, -0.15) is 0 Å². The van der Waals surface area contributed by atoms with Gasteiger partial charge in [0.2, 0.25) is 5.91 Å². The molecule has 0 aromatic rings. The van der Waals surface area contributed by atoms with E-state index in [1.807, 2.05) is 11.8 Å². The van der Waals surface area contributed by atoms with Crippen LogP contribution in [0.2, 0.25) is 0 Å². The summed E-state index contributed by atoms with van der Waals surface area (Å²) in [4.78, 5) is 14.2. The monoisotopic (exact) mass is 247 g/mol. The number of halogens is 1. The zero-order chi connectivity index (χ0) is 12.0. The number of carbonyl (C=O) groups excluding carboxylic acids is 1. The molecule has 1 aliphatic heterocycles. The molecule has 1 fully saturated rings. The molecule has 1 saturated heterocycles. The number of nitrogens with zero attached hydrogens (tertiary/aromatic N) is 1. The Labute approximate surface area is 103 Å². The van der Waals surface area contributed by atoms with Gasteiger partial charge in [0.15, 0.2) is 0 Å². The Morgan fingerprint density at radius 1 is 1.50 bits per heavy atom. The largest absolute Gasteiger partial charge is 0.377 e. The molecular weight excluding hydrogens is 226 g/mol. The lowest BCUT2D eigenvalue weighted by Crippen LogP contribution is -2.39. The number of hydrogen-bond donors (Lipinski definition) is 0. The highest BCUT2D eigenvalue weighted by Crippen LogP contribution is 2.25. The summed E-state index contributed by atoms with van der Waals surface area (Å²) in [6.07, 6.45) is 2.78. The first-order chi connectivity index (χ1) is 7.74. The lowest BCUT2D eigenvalue weighted by atomic mass is 9.98. The van der Waals surface area contributed by atoms with E-state index >= 15 is 0 Å². The summed E-state index contributed by atoms with van der Waals surface area (Å²) in [5, 5.41) is 0. The summed E-state index contributed by atoms with van der Waals surface area (Å²) < 4.78 is 5.56. The smallest absolute Gasteiger partial charge is 0.228 e. The molecule has 0 bridgehead atoms. The van der Waals surface area contributed by atoms with E-state index < -0.39 is 0 Å². The van der Waals surface area contributed by atoms with Crippen molar-refractivity contribution < 1.29 is 9.53 Å². The minimum atomic E-state index is 0.0697. The van der Waals surface area contributed by atoms with Gasteiger partial charge in [0.1, 0.15) is 0 Å². The van der Waals surface area contributed by atoms with Gasteiger partial charge in [0, 0.05) is 25.6 Å². The fraction of sp³-hybridized carbons (Fsp3) is 0.917. The van der Waals surface area contributed by atoms with Crippen molar-refractivity contribution in [3.8, 4) is 0 Å². The van der Waals surface area contributed by atoms with Crippen LogP contribution in [0.15, 0.2) is 0 Å². The minimum absolute atomic E-state index is 0.0697. The maximum Gasteiger partial charge on any atom is 0.228 e. The maximum atomic E-state index is 12.3. The lowest BCUT2D eigenvalue weighted by molar-refractivity contribution is -0.137. The summed E-state index contributed by atoms with van der Waals surface area (Å²) in [5.74, 6) is 0.930. The summed E-state index contributed by atoms with van der Waals surface area (Å²) in [7, 11) is 0. The highest BCUT2D eigenvalue weighted by atomic mass is 35.5. The SMILES string of the molecule is CCC1OCCC1C(=O)N(CC)CCCCl. The Morgan fingerprint density at radius 2 is 2.25 bits per heavy atom. The first-order valence-corrected chi connectivity index (χ1v) is 6.74. The minimum Gasteiger partial charge on any atom is -0.377 e. The summed E-state index contributed by atoms with van der Waals surface area (Å²) >= 11 is 5.66. The van der Waals surface area contributed by atoms with Crippen LogP contribution < -0.4 is 0 Å². The summed E-state index contributed by atoms with van der Waals surface area (Å²) in [6.45, 7) is 6.35. The average Bonchev–Trinajstić information content (AvgIpc) is 2.77. The molecule has 3 nitrogen and oxygen atoms in total. The van der Waals surface area contributed by atoms with Crippen LogP contribution in [0, 0.1) is 5.92 Å². The molecular formula is C12H22ClNO2. The first kappa shape index (κ1) is 13.8. The number of amides is 1. The van der Waals surface area contributed by atoms with E-state index in [9.17, 15) is 4.79 Å². The number of alkyl halides is 1. The van der Waals surface area contributed by atoms with E-state index in [1.165, 1.54) is 0 Å². The van der Waals surface area contributed by atoms with Crippen molar-refractivity contribution in [2.45, 2.75) is 39.2 Å². The predicted octanol–water partition coefficient (Wildman–Crippen LogP) is 2.28. The molecule has 0 aromatic carbocycles. The van der Waals surface area contributed by atoms with Gasteiger partial charge < -0.3 is 9.64 Å². The molecule has 2 atom stereocenters. The second kappa shape index (κ2) is 7.13. The van der Waals surface area contributed by atoms with Crippen molar-refractivity contribution in [3.63, 3.8) is 0 Å². The maximum absolute atomic E-state index is 12.3. The standard InChI is InChI=1S/C12H22ClNO2/c1-3-11-10(6-9-16-11)12(15)14(4-2)8-5-7-13/h10-11H,3-9H2,1-2H3. The fourth-order valence-corrected chi connectivity index (χ4v) is 2.36. The number of hydrogen-bond acceptors (Lipinski definition) is 2. The third kappa shape index (κ3) is 3.36. The quantitative estimate of drug-likeness (QED) is 0.674. The molecule has 16 heavy (non-hydrogen) atoms. The third-order valence-corrected chi connectivity index (χ3v) is 3.45. The Balaban J connectivity index is 2.52. The van der Waals surface area contributed by atoms with Crippen molar-refractivity contribution in [3.05, 3.63) is 0 Å². The average molecular weight is 248 g/mol. The van der Waals surface area contributed by atoms with Crippen molar-refractivity contribution in [2.24, 2.45) is 5.92 Å². The normalized spacial score (nSPS) is 24.7. The molecule has 1 aliphatic rings. The van der Waals surface area contributed by atoms with Gasteiger partial charge in [0.25, 0.3) is 0 Å². The number of rotatable bonds is 6. The molecule has 0 saturated carbocycles. The van der Waals surface area contributed by atoms with E-state index in [1.54, 1.807) is 0 Å². The van der Waals surface area contributed by atoms with Gasteiger partial charge in [-0.25, -0.2) is 0 Å². The molecule has 0 aromatic heterocycles. The van der Waals surface area contributed by atoms with Crippen LogP contribution in [0.4, 0.5) is 0 Å². The van der Waals surface area contributed by atoms with Gasteiger partial charge in [-0.1, -0.05) is 6.92 Å². The summed E-state index contributed by atoms with van der Waals surface area (Å²) in [5.41, 5.74) is 0. The zero-order valence-corrected chi connectivity index (χ0v) is 11.0. The van der Waals surface area contributed by atoms with Crippen LogP contribution in [-0.2, 0) is 9.53 Å². The predicted molar refractivity (Wildman–Crippen MR) is 65.7 cm³/mol. The molecule has 1 amide bonds. The molecule has 0 aliphatic carbocycles. The van der Waals surface area contributed by atoms with Crippen molar-refractivity contribution in [2.75, 3.05) is 25.6 Å². The summed E-state index contributed by atoms with van der Waals surface area (Å²) in [6, 6.07) is 0. The van der Waals surface area contributed by atoms with Crippen molar-refractivity contribution >= 4 is 17.5 Å². The lowest BCUT2D eigenvalue weighted by Gasteiger charge is -2.26. The number of ether oxygens (including phenoxy) is 1. The molecule has 0 radical (unpaired) electrons. The topological polar surface area (TPSA) is 29.5 Å². The Morgan fingerprint density at radius 3 is 2.81 bits per heavy atom. The molecule has 2 unspecified atom stereocenters. The molecule has 0 spiro atoms. The van der Waals surface area contributed by atoms with Crippen molar-refractivity contribution in [1.82, 2.24) is 4.90 Å². The van der Waals surface area contributed by atoms with Crippen LogP contribution in [0.1, 0.15) is 33.1 Å². The highest BCUT2D eigenvalue weighted by molar-refractivity contribution is 6.17. The fourth-order valence-electron chi connectivity index (χ4n) is 2.24. The molecule has 1 rings (SSSR count). The second-order valence-electron chi connectivity index (χ2n) is 4.17. The Bertz CT molecular complexity index is 223. The second-order valence-corrected chi connectivity index (χ2v) is 4.55. The van der Waals surface area contributed by atoms with Gasteiger partial charge >= 0.3 is 0 Å². The van der Waals surface area contributed by atoms with E-state index in [4.69, 9.17) is 16.3 Å². The third-order valence-electron chi connectivity index (χ3n) is 3.18. The van der Waals surface area contributed by atoms with E-state index in [2.05, 4.69) is 6.92 Å². The molecule has 4 heteroatoms. The number of carbonyl (C=O) groups is 1. The van der Waals surface area contributed by atoms with Crippen LogP contribution >= 0.6 is 11.6 Å². The Hall–Kier alpha value is -0.280. The molecule has 0 N–H and O–H groups in total. The molecule has 94 valence electrons. The Kier molecular flexibility index (Phi) is 6.14. The van der Waals surface area contributed by atoms with Gasteiger partial charge in [0.05, 0.1) is 12.0 Å². The van der Waals surface area contributed by atoms with Crippen molar-refractivity contribution in [1.29, 1.82) is 0 Å².